The molecule has 0 saturated heterocycles. The second kappa shape index (κ2) is 13.1. The number of amides is 1. The smallest absolute Gasteiger partial charge is 0.344 e. The highest BCUT2D eigenvalue weighted by atomic mass is 16.7. The molecule has 1 N–H and O–H groups in total. The number of hydrogen-bond acceptors (Lipinski definition) is 8. The first-order valence-electron chi connectivity index (χ1n) is 13.3. The number of unbranched alkanes of at least 4 members (excludes halogenated alkanes) is 3. The lowest BCUT2D eigenvalue weighted by molar-refractivity contribution is 0.0733. The second-order valence-electron chi connectivity index (χ2n) is 9.26. The van der Waals surface area contributed by atoms with Crippen molar-refractivity contribution in [1.82, 2.24) is 5.32 Å². The Morgan fingerprint density at radius 3 is 2.33 bits per heavy atom. The van der Waals surface area contributed by atoms with Crippen LogP contribution in [0.2, 0.25) is 0 Å². The predicted molar refractivity (Wildman–Crippen MR) is 150 cm³/mol. The molecule has 3 aromatic carbocycles. The number of fused-ring (bicyclic) bond motifs is 1. The molecule has 0 aromatic heterocycles. The van der Waals surface area contributed by atoms with Gasteiger partial charge in [-0.15, -0.1) is 0 Å². The van der Waals surface area contributed by atoms with Crippen molar-refractivity contribution in [1.29, 1.82) is 0 Å². The average molecular weight is 550 g/mol. The summed E-state index contributed by atoms with van der Waals surface area (Å²) in [6.07, 6.45) is 4.07. The first-order chi connectivity index (χ1) is 19.4. The number of para-hydroxylation sites is 1. The third-order valence-corrected chi connectivity index (χ3v) is 6.70. The van der Waals surface area contributed by atoms with Gasteiger partial charge in [-0.25, -0.2) is 4.79 Å². The van der Waals surface area contributed by atoms with E-state index in [4.69, 9.17) is 28.4 Å². The van der Waals surface area contributed by atoms with Gasteiger partial charge in [0, 0.05) is 17.7 Å². The van der Waals surface area contributed by atoms with E-state index >= 15 is 0 Å². The number of methoxy groups -OCH3 is 3. The molecule has 9 heteroatoms. The molecular weight excluding hydrogens is 514 g/mol. The van der Waals surface area contributed by atoms with Crippen molar-refractivity contribution in [2.24, 2.45) is 0 Å². The van der Waals surface area contributed by atoms with E-state index in [1.54, 1.807) is 24.3 Å². The minimum absolute atomic E-state index is 0.0387. The Labute approximate surface area is 234 Å². The Bertz CT molecular complexity index is 1380. The Kier molecular flexibility index (Phi) is 9.37. The summed E-state index contributed by atoms with van der Waals surface area (Å²) in [6.45, 7) is 4.45. The monoisotopic (exact) mass is 549 g/mol. The number of carbonyl (C=O) groups is 2. The summed E-state index contributed by atoms with van der Waals surface area (Å²) < 4.78 is 34.3. The number of carbonyl (C=O) groups excluding carboxylic acids is 2. The van der Waals surface area contributed by atoms with Crippen LogP contribution in [0.15, 0.2) is 42.5 Å². The highest BCUT2D eigenvalue weighted by Crippen LogP contribution is 2.53. The minimum Gasteiger partial charge on any atom is -0.493 e. The van der Waals surface area contributed by atoms with Crippen LogP contribution in [0.1, 0.15) is 58.9 Å². The zero-order valence-corrected chi connectivity index (χ0v) is 23.6. The molecule has 0 bridgehead atoms. The Balaban J connectivity index is 1.91. The van der Waals surface area contributed by atoms with Crippen LogP contribution in [0, 0.1) is 6.92 Å². The maximum absolute atomic E-state index is 13.8. The summed E-state index contributed by atoms with van der Waals surface area (Å²) >= 11 is 0. The fraction of sp³-hybridized carbons (Fsp3) is 0.355. The van der Waals surface area contributed by atoms with Crippen molar-refractivity contribution in [2.75, 3.05) is 34.7 Å². The maximum Gasteiger partial charge on any atom is 0.344 e. The summed E-state index contributed by atoms with van der Waals surface area (Å²) in [4.78, 5) is 27.3. The number of benzene rings is 3. The fourth-order valence-electron chi connectivity index (χ4n) is 4.65. The first kappa shape index (κ1) is 28.6. The predicted octanol–water partition coefficient (Wildman–Crippen LogP) is 5.95. The first-order valence-corrected chi connectivity index (χ1v) is 13.3. The molecule has 0 radical (unpaired) electrons. The molecule has 0 saturated carbocycles. The van der Waals surface area contributed by atoms with E-state index in [1.165, 1.54) is 27.4 Å². The average Bonchev–Trinajstić information content (AvgIpc) is 3.45. The van der Waals surface area contributed by atoms with Crippen LogP contribution in [0.25, 0.3) is 11.1 Å². The number of aryl methyl sites for hydroxylation is 1. The maximum atomic E-state index is 13.8. The molecule has 0 aliphatic carbocycles. The highest BCUT2D eigenvalue weighted by Gasteiger charge is 2.34. The fourth-order valence-corrected chi connectivity index (χ4v) is 4.65. The van der Waals surface area contributed by atoms with Gasteiger partial charge in [0.1, 0.15) is 5.75 Å². The van der Waals surface area contributed by atoms with Crippen molar-refractivity contribution >= 4 is 11.9 Å². The van der Waals surface area contributed by atoms with E-state index in [-0.39, 0.29) is 46.6 Å². The van der Waals surface area contributed by atoms with Gasteiger partial charge in [0.15, 0.2) is 23.0 Å². The van der Waals surface area contributed by atoms with Gasteiger partial charge in [-0.3, -0.25) is 4.79 Å². The van der Waals surface area contributed by atoms with Crippen molar-refractivity contribution < 1.29 is 38.0 Å². The number of ether oxygens (including phenoxy) is 6. The standard InChI is InChI=1S/C31H35NO8/c1-6-7-8-11-16-32-30(33)20-14-15-23-27(39-18-38-23)25(20)26-21(17-24(35-3)28(36-4)29(26)37-5)31(34)40-22-13-10-9-12-19(22)2/h9-10,12-15,17H,6-8,11,16,18H2,1-5H3,(H,32,33). The summed E-state index contributed by atoms with van der Waals surface area (Å²) in [5, 5.41) is 3.00. The zero-order chi connectivity index (χ0) is 28.6. The van der Waals surface area contributed by atoms with Crippen molar-refractivity contribution in [2.45, 2.75) is 39.5 Å². The molecule has 9 nitrogen and oxygen atoms in total. The lowest BCUT2D eigenvalue weighted by Crippen LogP contribution is -2.25. The quantitative estimate of drug-likeness (QED) is 0.168. The second-order valence-corrected chi connectivity index (χ2v) is 9.26. The van der Waals surface area contributed by atoms with Crippen molar-refractivity contribution in [3.8, 4) is 45.6 Å². The van der Waals surface area contributed by atoms with Crippen LogP contribution in [0.3, 0.4) is 0 Å². The number of hydrogen-bond donors (Lipinski definition) is 1. The van der Waals surface area contributed by atoms with E-state index in [1.807, 2.05) is 19.1 Å². The number of nitrogens with one attached hydrogen (secondary N) is 1. The normalized spacial score (nSPS) is 11.6. The van der Waals surface area contributed by atoms with E-state index in [9.17, 15) is 9.59 Å². The molecule has 40 heavy (non-hydrogen) atoms. The van der Waals surface area contributed by atoms with Gasteiger partial charge in [-0.2, -0.15) is 0 Å². The third-order valence-electron chi connectivity index (χ3n) is 6.70. The summed E-state index contributed by atoms with van der Waals surface area (Å²) in [5.41, 5.74) is 1.76. The van der Waals surface area contributed by atoms with Crippen LogP contribution in [-0.2, 0) is 0 Å². The minimum atomic E-state index is -0.675. The lowest BCUT2D eigenvalue weighted by Gasteiger charge is -2.22. The molecule has 1 amide bonds. The number of rotatable bonds is 12. The van der Waals surface area contributed by atoms with Crippen LogP contribution >= 0.6 is 0 Å². The molecule has 0 atom stereocenters. The van der Waals surface area contributed by atoms with Gasteiger partial charge in [0.2, 0.25) is 12.5 Å². The van der Waals surface area contributed by atoms with E-state index in [0.29, 0.717) is 29.4 Å². The Morgan fingerprint density at radius 2 is 1.62 bits per heavy atom. The Hall–Kier alpha value is -4.40. The molecule has 3 aromatic rings. The summed E-state index contributed by atoms with van der Waals surface area (Å²) in [5.74, 6) is 0.834. The molecule has 4 rings (SSSR count). The van der Waals surface area contributed by atoms with Crippen LogP contribution in [0.4, 0.5) is 0 Å². The largest absolute Gasteiger partial charge is 0.493 e. The van der Waals surface area contributed by atoms with E-state index in [0.717, 1.165) is 31.2 Å². The van der Waals surface area contributed by atoms with Gasteiger partial charge >= 0.3 is 5.97 Å². The highest BCUT2D eigenvalue weighted by molar-refractivity contribution is 6.09. The molecule has 0 unspecified atom stereocenters. The van der Waals surface area contributed by atoms with Crippen molar-refractivity contribution in [3.63, 3.8) is 0 Å². The van der Waals surface area contributed by atoms with Gasteiger partial charge in [-0.05, 0) is 43.2 Å². The molecule has 0 fully saturated rings. The Morgan fingerprint density at radius 1 is 0.850 bits per heavy atom. The zero-order valence-electron chi connectivity index (χ0n) is 23.6. The SMILES string of the molecule is CCCCCCNC(=O)c1ccc2c(c1-c1c(C(=O)Oc3ccccc3C)cc(OC)c(OC)c1OC)OCO2. The molecule has 1 aliphatic rings. The summed E-state index contributed by atoms with van der Waals surface area (Å²) in [6, 6.07) is 12.0. The van der Waals surface area contributed by atoms with Crippen LogP contribution in [0.5, 0.6) is 34.5 Å². The van der Waals surface area contributed by atoms with E-state index < -0.39 is 5.97 Å². The van der Waals surface area contributed by atoms with Crippen LogP contribution < -0.4 is 33.7 Å². The van der Waals surface area contributed by atoms with Gasteiger partial charge in [-0.1, -0.05) is 44.4 Å². The van der Waals surface area contributed by atoms with Gasteiger partial charge in [0.25, 0.3) is 5.91 Å². The van der Waals surface area contributed by atoms with Gasteiger partial charge < -0.3 is 33.7 Å². The molecule has 1 heterocycles. The topological polar surface area (TPSA) is 102 Å². The third kappa shape index (κ3) is 5.78. The molecular formula is C31H35NO8. The van der Waals surface area contributed by atoms with Gasteiger partial charge in [0.05, 0.1) is 32.5 Å². The number of esters is 1. The molecule has 212 valence electrons. The molecule has 1 aliphatic heterocycles. The van der Waals surface area contributed by atoms with Crippen molar-refractivity contribution in [3.05, 3.63) is 59.2 Å². The summed E-state index contributed by atoms with van der Waals surface area (Å²) in [7, 11) is 4.38. The molecule has 0 spiro atoms. The van der Waals surface area contributed by atoms with E-state index in [2.05, 4.69) is 12.2 Å². The lowest BCUT2D eigenvalue weighted by atomic mass is 9.91. The van der Waals surface area contributed by atoms with Crippen LogP contribution in [-0.4, -0.2) is 46.5 Å².